The molecule has 0 nitrogen and oxygen atoms in total. The zero-order chi connectivity index (χ0) is 12.3. The molecule has 0 N–H and O–H groups in total. The summed E-state index contributed by atoms with van der Waals surface area (Å²) in [5, 5.41) is 0. The first-order valence-electron chi connectivity index (χ1n) is 5.32. The van der Waals surface area contributed by atoms with Crippen LogP contribution in [0, 0.1) is 11.6 Å². The van der Waals surface area contributed by atoms with Gasteiger partial charge >= 0.3 is 0 Å². The second-order valence-corrected chi connectivity index (χ2v) is 4.07. The number of hydrogen-bond donors (Lipinski definition) is 0. The Morgan fingerprint density at radius 2 is 1.59 bits per heavy atom. The zero-order valence-corrected chi connectivity index (χ0v) is 9.85. The van der Waals surface area contributed by atoms with Gasteiger partial charge < -0.3 is 0 Å². The fourth-order valence-electron chi connectivity index (χ4n) is 1.84. The average molecular weight is 253 g/mol. The summed E-state index contributed by atoms with van der Waals surface area (Å²) in [5.74, 6) is -0.462. The zero-order valence-electron chi connectivity index (χ0n) is 9.09. The van der Waals surface area contributed by atoms with E-state index < -0.39 is 11.6 Å². The Morgan fingerprint density at radius 1 is 0.882 bits per heavy atom. The fraction of sp³-hybridized carbons (Fsp3) is 0.143. The van der Waals surface area contributed by atoms with Crippen molar-refractivity contribution in [2.45, 2.75) is 6.42 Å². The van der Waals surface area contributed by atoms with Gasteiger partial charge in [0.15, 0.2) is 0 Å². The number of halogens is 3. The smallest absolute Gasteiger partial charge is 0.131 e. The van der Waals surface area contributed by atoms with E-state index in [-0.39, 0.29) is 5.56 Å². The van der Waals surface area contributed by atoms with Crippen molar-refractivity contribution in [1.29, 1.82) is 0 Å². The van der Waals surface area contributed by atoms with E-state index in [1.54, 1.807) is 30.3 Å². The molecule has 0 aliphatic carbocycles. The van der Waals surface area contributed by atoms with Crippen LogP contribution in [0.1, 0.15) is 5.56 Å². The molecule has 0 radical (unpaired) electrons. The molecule has 0 amide bonds. The second kappa shape index (κ2) is 5.28. The Hall–Kier alpha value is -1.41. The molecule has 0 saturated carbocycles. The summed E-state index contributed by atoms with van der Waals surface area (Å²) in [6, 6.07) is 10.9. The predicted molar refractivity (Wildman–Crippen MR) is 66.2 cm³/mol. The number of benzene rings is 2. The van der Waals surface area contributed by atoms with Gasteiger partial charge in [-0.1, -0.05) is 30.3 Å². The standard InChI is InChI=1S/C14H11ClF2/c15-9-8-10-4-3-7-13(17)14(10)11-5-1-2-6-12(11)16/h1-7H,8-9H2. The van der Waals surface area contributed by atoms with Crippen molar-refractivity contribution in [2.24, 2.45) is 0 Å². The highest BCUT2D eigenvalue weighted by molar-refractivity contribution is 6.18. The minimum Gasteiger partial charge on any atom is -0.206 e. The molecule has 0 spiro atoms. The van der Waals surface area contributed by atoms with E-state index in [0.29, 0.717) is 17.9 Å². The Labute approximate surface area is 104 Å². The summed E-state index contributed by atoms with van der Waals surface area (Å²) in [6.07, 6.45) is 0.517. The highest BCUT2D eigenvalue weighted by Crippen LogP contribution is 2.29. The van der Waals surface area contributed by atoms with E-state index in [0.717, 1.165) is 5.56 Å². The summed E-state index contributed by atoms with van der Waals surface area (Å²) in [5.41, 5.74) is 1.32. The minimum atomic E-state index is -0.423. The average Bonchev–Trinajstić information content (AvgIpc) is 2.31. The number of aryl methyl sites for hydroxylation is 1. The van der Waals surface area contributed by atoms with Gasteiger partial charge in [-0.3, -0.25) is 0 Å². The molecule has 0 aromatic heterocycles. The molecule has 0 saturated heterocycles. The predicted octanol–water partition coefficient (Wildman–Crippen LogP) is 4.41. The van der Waals surface area contributed by atoms with E-state index >= 15 is 0 Å². The van der Waals surface area contributed by atoms with Gasteiger partial charge in [-0.05, 0) is 24.1 Å². The summed E-state index contributed by atoms with van der Waals surface area (Å²) in [4.78, 5) is 0. The quantitative estimate of drug-likeness (QED) is 0.710. The third kappa shape index (κ3) is 2.47. The lowest BCUT2D eigenvalue weighted by molar-refractivity contribution is 0.615. The molecule has 0 fully saturated rings. The van der Waals surface area contributed by atoms with Crippen LogP contribution in [-0.4, -0.2) is 5.88 Å². The molecule has 0 unspecified atom stereocenters. The van der Waals surface area contributed by atoms with Crippen molar-refractivity contribution >= 4 is 11.6 Å². The molecule has 0 atom stereocenters. The molecular formula is C14H11ClF2. The molecule has 17 heavy (non-hydrogen) atoms. The monoisotopic (exact) mass is 252 g/mol. The fourth-order valence-corrected chi connectivity index (χ4v) is 2.05. The molecule has 0 heterocycles. The maximum Gasteiger partial charge on any atom is 0.131 e. The summed E-state index contributed by atoms with van der Waals surface area (Å²) < 4.78 is 27.5. The third-order valence-corrected chi connectivity index (χ3v) is 2.80. The maximum atomic E-state index is 13.8. The summed E-state index contributed by atoms with van der Waals surface area (Å²) in [6.45, 7) is 0. The molecule has 0 bridgehead atoms. The first kappa shape index (κ1) is 12.1. The number of rotatable bonds is 3. The second-order valence-electron chi connectivity index (χ2n) is 3.69. The van der Waals surface area contributed by atoms with Gasteiger partial charge in [0, 0.05) is 17.0 Å². The highest BCUT2D eigenvalue weighted by Gasteiger charge is 2.13. The van der Waals surface area contributed by atoms with Crippen LogP contribution in [0.4, 0.5) is 8.78 Å². The Kier molecular flexibility index (Phi) is 3.75. The van der Waals surface area contributed by atoms with Crippen molar-refractivity contribution in [3.05, 3.63) is 59.7 Å². The molecule has 2 rings (SSSR count). The van der Waals surface area contributed by atoms with Crippen LogP contribution in [0.5, 0.6) is 0 Å². The topological polar surface area (TPSA) is 0 Å². The lowest BCUT2D eigenvalue weighted by Gasteiger charge is -2.10. The maximum absolute atomic E-state index is 13.8. The summed E-state index contributed by atoms with van der Waals surface area (Å²) >= 11 is 5.67. The molecule has 3 heteroatoms. The largest absolute Gasteiger partial charge is 0.206 e. The van der Waals surface area contributed by atoms with Crippen LogP contribution < -0.4 is 0 Å². The Morgan fingerprint density at radius 3 is 2.29 bits per heavy atom. The van der Waals surface area contributed by atoms with Crippen LogP contribution in [-0.2, 0) is 6.42 Å². The highest BCUT2D eigenvalue weighted by atomic mass is 35.5. The first-order valence-corrected chi connectivity index (χ1v) is 5.85. The number of hydrogen-bond acceptors (Lipinski definition) is 0. The molecule has 88 valence electrons. The Balaban J connectivity index is 2.61. The van der Waals surface area contributed by atoms with Crippen molar-refractivity contribution in [3.8, 4) is 11.1 Å². The van der Waals surface area contributed by atoms with Gasteiger partial charge in [-0.15, -0.1) is 11.6 Å². The van der Waals surface area contributed by atoms with Gasteiger partial charge in [0.25, 0.3) is 0 Å². The normalized spacial score (nSPS) is 10.5. The molecule has 0 aliphatic heterocycles. The Bertz CT molecular complexity index is 523. The van der Waals surface area contributed by atoms with Crippen molar-refractivity contribution < 1.29 is 8.78 Å². The third-order valence-electron chi connectivity index (χ3n) is 2.61. The number of alkyl halides is 1. The van der Waals surface area contributed by atoms with E-state index in [9.17, 15) is 8.78 Å². The van der Waals surface area contributed by atoms with E-state index in [1.165, 1.54) is 12.1 Å². The van der Waals surface area contributed by atoms with Crippen molar-refractivity contribution in [2.75, 3.05) is 5.88 Å². The van der Waals surface area contributed by atoms with Crippen molar-refractivity contribution in [1.82, 2.24) is 0 Å². The van der Waals surface area contributed by atoms with Gasteiger partial charge in [0.2, 0.25) is 0 Å². The lowest BCUT2D eigenvalue weighted by atomic mass is 9.97. The first-order chi connectivity index (χ1) is 8.24. The van der Waals surface area contributed by atoms with Gasteiger partial charge in [0.1, 0.15) is 11.6 Å². The molecular weight excluding hydrogens is 242 g/mol. The lowest BCUT2D eigenvalue weighted by Crippen LogP contribution is -1.96. The van der Waals surface area contributed by atoms with Gasteiger partial charge in [-0.25, -0.2) is 8.78 Å². The molecule has 2 aromatic carbocycles. The van der Waals surface area contributed by atoms with Gasteiger partial charge in [-0.2, -0.15) is 0 Å². The van der Waals surface area contributed by atoms with Crippen LogP contribution >= 0.6 is 11.6 Å². The van der Waals surface area contributed by atoms with Crippen molar-refractivity contribution in [3.63, 3.8) is 0 Å². The van der Waals surface area contributed by atoms with E-state index in [1.807, 2.05) is 0 Å². The van der Waals surface area contributed by atoms with Crippen LogP contribution in [0.25, 0.3) is 11.1 Å². The van der Waals surface area contributed by atoms with E-state index in [2.05, 4.69) is 0 Å². The molecule has 2 aromatic rings. The molecule has 0 aliphatic rings. The van der Waals surface area contributed by atoms with Crippen LogP contribution in [0.2, 0.25) is 0 Å². The van der Waals surface area contributed by atoms with E-state index in [4.69, 9.17) is 11.6 Å². The minimum absolute atomic E-state index is 0.283. The van der Waals surface area contributed by atoms with Crippen LogP contribution in [0.3, 0.4) is 0 Å². The SMILES string of the molecule is Fc1ccccc1-c1c(F)cccc1CCCl. The van der Waals surface area contributed by atoms with Crippen LogP contribution in [0.15, 0.2) is 42.5 Å². The summed E-state index contributed by atoms with van der Waals surface area (Å²) in [7, 11) is 0. The van der Waals surface area contributed by atoms with Gasteiger partial charge in [0.05, 0.1) is 0 Å².